The molecule has 0 aromatic rings. The minimum absolute atomic E-state index is 0.0734. The van der Waals surface area contributed by atoms with Crippen molar-refractivity contribution in [3.05, 3.63) is 0 Å². The lowest BCUT2D eigenvalue weighted by molar-refractivity contribution is 0.261. The van der Waals surface area contributed by atoms with Crippen molar-refractivity contribution in [1.29, 1.82) is 0 Å². The van der Waals surface area contributed by atoms with Crippen LogP contribution in [0.1, 0.15) is 0 Å². The van der Waals surface area contributed by atoms with Crippen LogP contribution in [0.4, 0.5) is 4.79 Å². The minimum atomic E-state index is -0.169. The number of hydrogen-bond donors (Lipinski definition) is 1. The topological polar surface area (TPSA) is 29.1 Å². The molecule has 1 amide bonds. The fourth-order valence-electron chi connectivity index (χ4n) is 0.321. The summed E-state index contributed by atoms with van der Waals surface area (Å²) >= 11 is 12.1. The van der Waals surface area contributed by atoms with E-state index >= 15 is 0 Å². The number of rotatable bonds is 3. The molecule has 5 heteroatoms. The molecule has 0 aliphatic heterocycles. The Balaban J connectivity index is 3.26. The van der Waals surface area contributed by atoms with E-state index in [4.69, 9.17) is 23.2 Å². The molecule has 10 heavy (non-hydrogen) atoms. The van der Waals surface area contributed by atoms with E-state index < -0.39 is 0 Å². The van der Waals surface area contributed by atoms with Gasteiger partial charge in [-0.25, -0.2) is 0 Å². The third kappa shape index (κ3) is 5.21. The van der Waals surface area contributed by atoms with Crippen LogP contribution in [-0.4, -0.2) is 29.3 Å². The first kappa shape index (κ1) is 10.4. The van der Waals surface area contributed by atoms with Gasteiger partial charge in [0.25, 0.3) is 5.24 Å². The third-order valence-electron chi connectivity index (χ3n) is 0.821. The molecular formula is C5H9Cl2NOS. The summed E-state index contributed by atoms with van der Waals surface area (Å²) in [6.07, 6.45) is 1.71. The summed E-state index contributed by atoms with van der Waals surface area (Å²) in [4.78, 5) is 10.6. The van der Waals surface area contributed by atoms with Crippen molar-refractivity contribution >= 4 is 40.2 Å². The molecule has 60 valence electrons. The highest BCUT2D eigenvalue weighted by Gasteiger charge is 2.03. The Bertz CT molecular complexity index is 112. The molecule has 0 fully saturated rings. The van der Waals surface area contributed by atoms with Gasteiger partial charge in [0.1, 0.15) is 0 Å². The molecule has 0 aromatic carbocycles. The average Bonchev–Trinajstić information content (AvgIpc) is 1.99. The second-order valence-corrected chi connectivity index (χ2v) is 3.33. The molecule has 2 nitrogen and oxygen atoms in total. The summed E-state index contributed by atoms with van der Waals surface area (Å²) < 4.78 is 0. The standard InChI is InChI=1S/C5H9Cl2NOS/c1-10-5(9)8-3-4(7)2-6/h4H,2-3H2,1H3,(H,8,9). The van der Waals surface area contributed by atoms with E-state index in [0.29, 0.717) is 12.4 Å². The fraction of sp³-hybridized carbons (Fsp3) is 0.800. The van der Waals surface area contributed by atoms with Gasteiger partial charge in [-0.3, -0.25) is 4.79 Å². The summed E-state index contributed by atoms with van der Waals surface area (Å²) in [6.45, 7) is 0.435. The first-order chi connectivity index (χ1) is 4.70. The van der Waals surface area contributed by atoms with E-state index in [9.17, 15) is 4.79 Å². The van der Waals surface area contributed by atoms with E-state index in [1.165, 1.54) is 0 Å². The highest BCUT2D eigenvalue weighted by atomic mass is 35.5. The van der Waals surface area contributed by atoms with Crippen molar-refractivity contribution in [2.24, 2.45) is 0 Å². The van der Waals surface area contributed by atoms with E-state index in [-0.39, 0.29) is 10.6 Å². The zero-order valence-electron chi connectivity index (χ0n) is 5.56. The van der Waals surface area contributed by atoms with Gasteiger partial charge in [0.15, 0.2) is 0 Å². The quantitative estimate of drug-likeness (QED) is 0.708. The van der Waals surface area contributed by atoms with Crippen molar-refractivity contribution in [2.75, 3.05) is 18.7 Å². The molecule has 1 unspecified atom stereocenters. The highest BCUT2D eigenvalue weighted by molar-refractivity contribution is 8.12. The summed E-state index contributed by atoms with van der Waals surface area (Å²) in [5.41, 5.74) is 0. The second kappa shape index (κ2) is 6.13. The molecule has 0 aliphatic carbocycles. The van der Waals surface area contributed by atoms with Crippen molar-refractivity contribution in [3.8, 4) is 0 Å². The number of amides is 1. The molecule has 0 spiro atoms. The third-order valence-corrected chi connectivity index (χ3v) is 2.17. The van der Waals surface area contributed by atoms with Crippen LogP contribution in [0.25, 0.3) is 0 Å². The van der Waals surface area contributed by atoms with Gasteiger partial charge >= 0.3 is 0 Å². The van der Waals surface area contributed by atoms with Crippen LogP contribution in [0.5, 0.6) is 0 Å². The Kier molecular flexibility index (Phi) is 6.38. The molecule has 0 saturated heterocycles. The molecule has 0 aliphatic rings. The van der Waals surface area contributed by atoms with E-state index in [2.05, 4.69) is 5.32 Å². The smallest absolute Gasteiger partial charge is 0.278 e. The number of hydrogen-bond acceptors (Lipinski definition) is 2. The summed E-state index contributed by atoms with van der Waals surface area (Å²) in [5.74, 6) is 0.357. The maximum atomic E-state index is 10.6. The summed E-state index contributed by atoms with van der Waals surface area (Å²) in [6, 6.07) is 0. The lowest BCUT2D eigenvalue weighted by Gasteiger charge is -2.04. The van der Waals surface area contributed by atoms with Crippen LogP contribution in [0.3, 0.4) is 0 Å². The minimum Gasteiger partial charge on any atom is -0.345 e. The molecule has 0 aromatic heterocycles. The molecule has 1 N–H and O–H groups in total. The Morgan fingerprint density at radius 2 is 2.40 bits per heavy atom. The van der Waals surface area contributed by atoms with Crippen LogP contribution in [-0.2, 0) is 0 Å². The molecule has 0 rings (SSSR count). The Morgan fingerprint density at radius 1 is 1.80 bits per heavy atom. The largest absolute Gasteiger partial charge is 0.345 e. The van der Waals surface area contributed by atoms with E-state index in [1.807, 2.05) is 0 Å². The van der Waals surface area contributed by atoms with Crippen LogP contribution in [0, 0.1) is 0 Å². The molecule has 0 saturated carbocycles. The van der Waals surface area contributed by atoms with Crippen LogP contribution < -0.4 is 5.32 Å². The normalized spacial score (nSPS) is 12.7. The van der Waals surface area contributed by atoms with Crippen LogP contribution in [0.2, 0.25) is 0 Å². The lowest BCUT2D eigenvalue weighted by Crippen LogP contribution is -2.27. The molecule has 1 atom stereocenters. The SMILES string of the molecule is CSC(=O)NCC(Cl)CCl. The molecular weight excluding hydrogens is 193 g/mol. The Hall–Kier alpha value is 0.400. The Labute approximate surface area is 74.6 Å². The van der Waals surface area contributed by atoms with Gasteiger partial charge in [0, 0.05) is 12.4 Å². The summed E-state index contributed by atoms with van der Waals surface area (Å²) in [5, 5.41) is 2.35. The predicted molar refractivity (Wildman–Crippen MR) is 47.3 cm³/mol. The number of carbonyl (C=O) groups excluding carboxylic acids is 1. The van der Waals surface area contributed by atoms with Crippen molar-refractivity contribution in [3.63, 3.8) is 0 Å². The second-order valence-electron chi connectivity index (χ2n) is 1.62. The number of nitrogens with one attached hydrogen (secondary N) is 1. The van der Waals surface area contributed by atoms with E-state index in [1.54, 1.807) is 6.26 Å². The summed E-state index contributed by atoms with van der Waals surface area (Å²) in [7, 11) is 0. The Morgan fingerprint density at radius 3 is 2.80 bits per heavy atom. The number of carbonyl (C=O) groups is 1. The number of thioether (sulfide) groups is 1. The van der Waals surface area contributed by atoms with Crippen LogP contribution >= 0.6 is 35.0 Å². The first-order valence-electron chi connectivity index (χ1n) is 2.72. The molecule has 0 heterocycles. The van der Waals surface area contributed by atoms with Gasteiger partial charge < -0.3 is 5.32 Å². The van der Waals surface area contributed by atoms with Crippen molar-refractivity contribution in [1.82, 2.24) is 5.32 Å². The highest BCUT2D eigenvalue weighted by Crippen LogP contribution is 1.98. The van der Waals surface area contributed by atoms with Crippen molar-refractivity contribution < 1.29 is 4.79 Å². The maximum absolute atomic E-state index is 10.6. The van der Waals surface area contributed by atoms with Gasteiger partial charge in [-0.15, -0.1) is 23.2 Å². The van der Waals surface area contributed by atoms with Gasteiger partial charge in [-0.2, -0.15) is 0 Å². The molecule has 0 bridgehead atoms. The molecule has 0 radical (unpaired) electrons. The lowest BCUT2D eigenvalue weighted by atomic mass is 10.5. The average molecular weight is 202 g/mol. The van der Waals surface area contributed by atoms with Gasteiger partial charge in [-0.1, -0.05) is 11.8 Å². The van der Waals surface area contributed by atoms with Crippen molar-refractivity contribution in [2.45, 2.75) is 5.38 Å². The number of alkyl halides is 2. The zero-order valence-corrected chi connectivity index (χ0v) is 7.89. The monoisotopic (exact) mass is 201 g/mol. The maximum Gasteiger partial charge on any atom is 0.278 e. The van der Waals surface area contributed by atoms with E-state index in [0.717, 1.165) is 11.8 Å². The zero-order chi connectivity index (χ0) is 7.98. The first-order valence-corrected chi connectivity index (χ1v) is 4.92. The van der Waals surface area contributed by atoms with Crippen LogP contribution in [0.15, 0.2) is 0 Å². The van der Waals surface area contributed by atoms with Gasteiger partial charge in [0.05, 0.1) is 5.38 Å². The fourth-order valence-corrected chi connectivity index (χ4v) is 0.735. The number of halogens is 2. The predicted octanol–water partition coefficient (Wildman–Crippen LogP) is 1.91. The van der Waals surface area contributed by atoms with Gasteiger partial charge in [-0.05, 0) is 6.26 Å². The van der Waals surface area contributed by atoms with Gasteiger partial charge in [0.2, 0.25) is 0 Å².